The van der Waals surface area contributed by atoms with Gasteiger partial charge in [-0.3, -0.25) is 0 Å². The van der Waals surface area contributed by atoms with E-state index in [9.17, 15) is 5.11 Å². The highest BCUT2D eigenvalue weighted by Gasteiger charge is 2.30. The minimum atomic E-state index is -0.537. The third-order valence-electron chi connectivity index (χ3n) is 3.54. The zero-order chi connectivity index (χ0) is 12.3. The van der Waals surface area contributed by atoms with Crippen LogP contribution in [0.1, 0.15) is 18.4 Å². The fourth-order valence-electron chi connectivity index (χ4n) is 2.38. The van der Waals surface area contributed by atoms with Crippen molar-refractivity contribution in [3.63, 3.8) is 0 Å². The van der Waals surface area contributed by atoms with Gasteiger partial charge in [0.05, 0.1) is 5.60 Å². The molecule has 3 nitrogen and oxygen atoms in total. The van der Waals surface area contributed by atoms with Gasteiger partial charge in [-0.1, -0.05) is 17.7 Å². The Kier molecular flexibility index (Phi) is 3.69. The van der Waals surface area contributed by atoms with Crippen LogP contribution in [0, 0.1) is 6.92 Å². The van der Waals surface area contributed by atoms with Gasteiger partial charge in [0.1, 0.15) is 0 Å². The standard InChI is InChI=1S/C14H22N2O/c1-12-3-5-13(6-4-12)16(2)11-14(17)7-9-15-10-8-14/h3-6,15,17H,7-11H2,1-2H3. The summed E-state index contributed by atoms with van der Waals surface area (Å²) in [5, 5.41) is 13.8. The maximum atomic E-state index is 10.5. The van der Waals surface area contributed by atoms with Crippen molar-refractivity contribution in [2.45, 2.75) is 25.4 Å². The molecule has 0 amide bonds. The number of piperidine rings is 1. The molecule has 1 aromatic carbocycles. The fourth-order valence-corrected chi connectivity index (χ4v) is 2.38. The van der Waals surface area contributed by atoms with Crippen LogP contribution in [0.15, 0.2) is 24.3 Å². The fraction of sp³-hybridized carbons (Fsp3) is 0.571. The average molecular weight is 234 g/mol. The first kappa shape index (κ1) is 12.4. The van der Waals surface area contributed by atoms with Gasteiger partial charge in [0.15, 0.2) is 0 Å². The monoisotopic (exact) mass is 234 g/mol. The van der Waals surface area contributed by atoms with Gasteiger partial charge in [-0.05, 0) is 45.0 Å². The van der Waals surface area contributed by atoms with Crippen molar-refractivity contribution in [3.05, 3.63) is 29.8 Å². The summed E-state index contributed by atoms with van der Waals surface area (Å²) in [5.41, 5.74) is 1.90. The van der Waals surface area contributed by atoms with Crippen molar-refractivity contribution < 1.29 is 5.11 Å². The number of aryl methyl sites for hydroxylation is 1. The smallest absolute Gasteiger partial charge is 0.0845 e. The highest BCUT2D eigenvalue weighted by atomic mass is 16.3. The lowest BCUT2D eigenvalue weighted by molar-refractivity contribution is 0.0183. The Labute approximate surface area is 103 Å². The maximum absolute atomic E-state index is 10.5. The van der Waals surface area contributed by atoms with Crippen molar-refractivity contribution in [3.8, 4) is 0 Å². The van der Waals surface area contributed by atoms with Gasteiger partial charge < -0.3 is 15.3 Å². The zero-order valence-corrected chi connectivity index (χ0v) is 10.7. The molecule has 0 bridgehead atoms. The first-order chi connectivity index (χ1) is 8.09. The number of aliphatic hydroxyl groups is 1. The molecule has 1 aliphatic heterocycles. The Balaban J connectivity index is 2.00. The van der Waals surface area contributed by atoms with E-state index in [1.807, 2.05) is 7.05 Å². The second kappa shape index (κ2) is 5.07. The topological polar surface area (TPSA) is 35.5 Å². The van der Waals surface area contributed by atoms with Crippen LogP contribution < -0.4 is 10.2 Å². The van der Waals surface area contributed by atoms with E-state index in [1.165, 1.54) is 11.3 Å². The van der Waals surface area contributed by atoms with E-state index in [0.717, 1.165) is 25.9 Å². The number of rotatable bonds is 3. The molecule has 0 saturated carbocycles. The molecule has 0 radical (unpaired) electrons. The minimum Gasteiger partial charge on any atom is -0.388 e. The Morgan fingerprint density at radius 2 is 1.82 bits per heavy atom. The van der Waals surface area contributed by atoms with Crippen LogP contribution in [0.4, 0.5) is 5.69 Å². The van der Waals surface area contributed by atoms with Crippen LogP contribution in [-0.2, 0) is 0 Å². The van der Waals surface area contributed by atoms with Gasteiger partial charge in [-0.15, -0.1) is 0 Å². The second-order valence-electron chi connectivity index (χ2n) is 5.17. The molecular weight excluding hydrogens is 212 g/mol. The van der Waals surface area contributed by atoms with Gasteiger partial charge in [0, 0.05) is 19.3 Å². The Bertz CT molecular complexity index is 355. The predicted molar refractivity (Wildman–Crippen MR) is 71.5 cm³/mol. The third kappa shape index (κ3) is 3.20. The van der Waals surface area contributed by atoms with E-state index >= 15 is 0 Å². The van der Waals surface area contributed by atoms with Crippen molar-refractivity contribution >= 4 is 5.69 Å². The highest BCUT2D eigenvalue weighted by molar-refractivity contribution is 5.47. The molecule has 0 aromatic heterocycles. The molecule has 3 heteroatoms. The van der Waals surface area contributed by atoms with Crippen molar-refractivity contribution in [1.82, 2.24) is 5.32 Å². The molecule has 1 heterocycles. The number of anilines is 1. The molecule has 17 heavy (non-hydrogen) atoms. The third-order valence-corrected chi connectivity index (χ3v) is 3.54. The first-order valence-electron chi connectivity index (χ1n) is 6.30. The minimum absolute atomic E-state index is 0.537. The normalized spacial score (nSPS) is 19.0. The first-order valence-corrected chi connectivity index (χ1v) is 6.30. The molecule has 2 rings (SSSR count). The summed E-state index contributed by atoms with van der Waals surface area (Å²) in [5.74, 6) is 0. The summed E-state index contributed by atoms with van der Waals surface area (Å²) in [6.45, 7) is 4.62. The van der Waals surface area contributed by atoms with Gasteiger partial charge in [0.25, 0.3) is 0 Å². The number of hydrogen-bond donors (Lipinski definition) is 2. The summed E-state index contributed by atoms with van der Waals surface area (Å²) in [6, 6.07) is 8.44. The highest BCUT2D eigenvalue weighted by Crippen LogP contribution is 2.22. The molecule has 1 aromatic rings. The summed E-state index contributed by atoms with van der Waals surface area (Å²) in [6.07, 6.45) is 1.67. The summed E-state index contributed by atoms with van der Waals surface area (Å²) < 4.78 is 0. The molecule has 0 aliphatic carbocycles. The molecular formula is C14H22N2O. The van der Waals surface area contributed by atoms with Gasteiger partial charge in [0.2, 0.25) is 0 Å². The van der Waals surface area contributed by atoms with E-state index in [1.54, 1.807) is 0 Å². The Morgan fingerprint density at radius 1 is 1.24 bits per heavy atom. The van der Waals surface area contributed by atoms with Crippen LogP contribution in [0.2, 0.25) is 0 Å². The number of hydrogen-bond acceptors (Lipinski definition) is 3. The van der Waals surface area contributed by atoms with Crippen LogP contribution >= 0.6 is 0 Å². The largest absolute Gasteiger partial charge is 0.388 e. The van der Waals surface area contributed by atoms with Crippen LogP contribution in [-0.4, -0.2) is 37.4 Å². The van der Waals surface area contributed by atoms with Crippen LogP contribution in [0.25, 0.3) is 0 Å². The second-order valence-corrected chi connectivity index (χ2v) is 5.17. The summed E-state index contributed by atoms with van der Waals surface area (Å²) >= 11 is 0. The predicted octanol–water partition coefficient (Wildman–Crippen LogP) is 1.55. The summed E-state index contributed by atoms with van der Waals surface area (Å²) in [4.78, 5) is 2.14. The number of nitrogens with one attached hydrogen (secondary N) is 1. The lowest BCUT2D eigenvalue weighted by Crippen LogP contribution is -2.49. The molecule has 0 unspecified atom stereocenters. The van der Waals surface area contributed by atoms with Crippen molar-refractivity contribution in [1.29, 1.82) is 0 Å². The van der Waals surface area contributed by atoms with Crippen molar-refractivity contribution in [2.24, 2.45) is 0 Å². The molecule has 1 aliphatic rings. The lowest BCUT2D eigenvalue weighted by Gasteiger charge is -2.36. The number of benzene rings is 1. The number of nitrogens with zero attached hydrogens (tertiary/aromatic N) is 1. The van der Waals surface area contributed by atoms with Gasteiger partial charge in [-0.25, -0.2) is 0 Å². The quantitative estimate of drug-likeness (QED) is 0.833. The van der Waals surface area contributed by atoms with Crippen LogP contribution in [0.5, 0.6) is 0 Å². The maximum Gasteiger partial charge on any atom is 0.0845 e. The zero-order valence-electron chi connectivity index (χ0n) is 10.7. The van der Waals surface area contributed by atoms with E-state index < -0.39 is 5.60 Å². The van der Waals surface area contributed by atoms with E-state index in [4.69, 9.17) is 0 Å². The molecule has 0 spiro atoms. The Morgan fingerprint density at radius 3 is 2.41 bits per heavy atom. The molecule has 0 atom stereocenters. The SMILES string of the molecule is Cc1ccc(N(C)CC2(O)CCNCC2)cc1. The van der Waals surface area contributed by atoms with Gasteiger partial charge >= 0.3 is 0 Å². The molecule has 1 saturated heterocycles. The number of likely N-dealkylation sites (N-methyl/N-ethyl adjacent to an activating group) is 1. The average Bonchev–Trinajstić information content (AvgIpc) is 2.30. The van der Waals surface area contributed by atoms with Crippen molar-refractivity contribution in [2.75, 3.05) is 31.6 Å². The van der Waals surface area contributed by atoms with E-state index in [0.29, 0.717) is 6.54 Å². The lowest BCUT2D eigenvalue weighted by atomic mass is 9.92. The van der Waals surface area contributed by atoms with Crippen LogP contribution in [0.3, 0.4) is 0 Å². The molecule has 2 N–H and O–H groups in total. The summed E-state index contributed by atoms with van der Waals surface area (Å²) in [7, 11) is 2.05. The molecule has 94 valence electrons. The van der Waals surface area contributed by atoms with Gasteiger partial charge in [-0.2, -0.15) is 0 Å². The molecule has 1 fully saturated rings. The van der Waals surface area contributed by atoms with E-state index in [2.05, 4.69) is 41.4 Å². The van der Waals surface area contributed by atoms with E-state index in [-0.39, 0.29) is 0 Å². The Hall–Kier alpha value is -1.06.